The second-order valence-electron chi connectivity index (χ2n) is 10.1. The van der Waals surface area contributed by atoms with Gasteiger partial charge in [-0.05, 0) is 36.8 Å². The van der Waals surface area contributed by atoms with E-state index in [1.165, 1.54) is 12.0 Å². The number of benzene rings is 1. The van der Waals surface area contributed by atoms with E-state index in [4.69, 9.17) is 15.2 Å². The van der Waals surface area contributed by atoms with E-state index in [1.54, 1.807) is 31.2 Å². The molecule has 0 radical (unpaired) electrons. The highest BCUT2D eigenvalue weighted by atomic mass is 16.5. The summed E-state index contributed by atoms with van der Waals surface area (Å²) in [6.07, 6.45) is 1.72. The number of aliphatic hydroxyl groups excluding tert-OH is 1. The summed E-state index contributed by atoms with van der Waals surface area (Å²) in [4.78, 5) is 39.5. The fraction of sp³-hybridized carbons (Fsp3) is 0.654. The molecule has 1 aromatic carbocycles. The standard InChI is InChI=1S/C26H41N3O6/c1-6-7-12-28-24(32)17(2)13-21(30)18(27)14-26(3,4)15-23(31)29-19-10-8-9-11-22(19)35-16-20(29)25(33)34-5/h8-11,17-18,20-21,30H,6-7,12-16,27H2,1-5H3,(H,28,32)/t17-,18+,20-,21+/m1/s1. The number of fused-ring (bicyclic) bond motifs is 1. The molecule has 0 saturated heterocycles. The third-order valence-corrected chi connectivity index (χ3v) is 6.36. The molecule has 0 aliphatic carbocycles. The van der Waals surface area contributed by atoms with E-state index in [0.717, 1.165) is 12.8 Å². The van der Waals surface area contributed by atoms with E-state index < -0.39 is 29.6 Å². The normalized spacial score (nSPS) is 18.0. The Morgan fingerprint density at radius 3 is 2.66 bits per heavy atom. The summed E-state index contributed by atoms with van der Waals surface area (Å²) in [5.74, 6) is -0.755. The molecule has 0 saturated carbocycles. The van der Waals surface area contributed by atoms with Crippen molar-refractivity contribution in [3.8, 4) is 5.75 Å². The number of carbonyl (C=O) groups excluding carboxylic acids is 3. The largest absolute Gasteiger partial charge is 0.489 e. The molecular formula is C26H41N3O6. The molecule has 35 heavy (non-hydrogen) atoms. The maximum Gasteiger partial charge on any atom is 0.332 e. The van der Waals surface area contributed by atoms with Crippen molar-refractivity contribution >= 4 is 23.5 Å². The highest BCUT2D eigenvalue weighted by Crippen LogP contribution is 2.37. The van der Waals surface area contributed by atoms with Crippen molar-refractivity contribution in [2.24, 2.45) is 17.1 Å². The first-order chi connectivity index (χ1) is 16.5. The van der Waals surface area contributed by atoms with Crippen LogP contribution in [0.4, 0.5) is 5.69 Å². The van der Waals surface area contributed by atoms with Crippen LogP contribution in [0.5, 0.6) is 5.75 Å². The van der Waals surface area contributed by atoms with Crippen LogP contribution in [0, 0.1) is 11.3 Å². The third kappa shape index (κ3) is 7.93. The van der Waals surface area contributed by atoms with E-state index in [-0.39, 0.29) is 37.2 Å². The van der Waals surface area contributed by atoms with Crippen molar-refractivity contribution < 1.29 is 29.0 Å². The predicted molar refractivity (Wildman–Crippen MR) is 134 cm³/mol. The fourth-order valence-electron chi connectivity index (χ4n) is 4.35. The molecule has 0 unspecified atom stereocenters. The number of amides is 2. The minimum Gasteiger partial charge on any atom is -0.489 e. The highest BCUT2D eigenvalue weighted by molar-refractivity contribution is 6.01. The number of nitrogens with two attached hydrogens (primary N) is 1. The molecule has 1 aliphatic rings. The lowest BCUT2D eigenvalue weighted by Crippen LogP contribution is -2.52. The van der Waals surface area contributed by atoms with Crippen LogP contribution in [0.3, 0.4) is 0 Å². The number of aliphatic hydroxyl groups is 1. The fourth-order valence-corrected chi connectivity index (χ4v) is 4.35. The number of para-hydroxylation sites is 2. The van der Waals surface area contributed by atoms with Gasteiger partial charge in [-0.3, -0.25) is 14.5 Å². The highest BCUT2D eigenvalue weighted by Gasteiger charge is 2.40. The number of carbonyl (C=O) groups is 3. The lowest BCUT2D eigenvalue weighted by molar-refractivity contribution is -0.144. The Labute approximate surface area is 208 Å². The van der Waals surface area contributed by atoms with Gasteiger partial charge in [-0.15, -0.1) is 0 Å². The van der Waals surface area contributed by atoms with E-state index in [2.05, 4.69) is 12.2 Å². The summed E-state index contributed by atoms with van der Waals surface area (Å²) in [7, 11) is 1.28. The van der Waals surface area contributed by atoms with Crippen LogP contribution in [0.25, 0.3) is 0 Å². The molecule has 9 nitrogen and oxygen atoms in total. The summed E-state index contributed by atoms with van der Waals surface area (Å²) in [5, 5.41) is 13.5. The van der Waals surface area contributed by atoms with Gasteiger partial charge in [0, 0.05) is 24.9 Å². The number of esters is 1. The van der Waals surface area contributed by atoms with Gasteiger partial charge in [0.15, 0.2) is 6.04 Å². The lowest BCUT2D eigenvalue weighted by atomic mass is 9.79. The Hall–Kier alpha value is -2.65. The Morgan fingerprint density at radius 1 is 1.31 bits per heavy atom. The average Bonchev–Trinajstić information content (AvgIpc) is 2.81. The number of ether oxygens (including phenoxy) is 2. The third-order valence-electron chi connectivity index (χ3n) is 6.36. The summed E-state index contributed by atoms with van der Waals surface area (Å²) < 4.78 is 10.6. The zero-order valence-corrected chi connectivity index (χ0v) is 21.6. The number of methoxy groups -OCH3 is 1. The van der Waals surface area contributed by atoms with E-state index in [1.807, 2.05) is 13.8 Å². The summed E-state index contributed by atoms with van der Waals surface area (Å²) in [6.45, 7) is 8.25. The second-order valence-corrected chi connectivity index (χ2v) is 10.1. The van der Waals surface area contributed by atoms with Gasteiger partial charge in [0.2, 0.25) is 11.8 Å². The molecule has 2 rings (SSSR count). The molecule has 1 aliphatic heterocycles. The molecule has 196 valence electrons. The van der Waals surface area contributed by atoms with Crippen LogP contribution in [0.15, 0.2) is 24.3 Å². The second kappa shape index (κ2) is 12.9. The molecular weight excluding hydrogens is 450 g/mol. The van der Waals surface area contributed by atoms with Crippen molar-refractivity contribution in [1.82, 2.24) is 5.32 Å². The first kappa shape index (κ1) is 28.6. The Balaban J connectivity index is 2.03. The van der Waals surface area contributed by atoms with Gasteiger partial charge < -0.3 is 25.6 Å². The Bertz CT molecular complexity index is 874. The molecule has 4 N–H and O–H groups in total. The zero-order chi connectivity index (χ0) is 26.2. The van der Waals surface area contributed by atoms with Crippen LogP contribution in [-0.4, -0.2) is 61.3 Å². The van der Waals surface area contributed by atoms with E-state index in [9.17, 15) is 19.5 Å². The molecule has 1 heterocycles. The van der Waals surface area contributed by atoms with Gasteiger partial charge in [-0.1, -0.05) is 46.2 Å². The summed E-state index contributed by atoms with van der Waals surface area (Å²) in [6, 6.07) is 5.56. The topological polar surface area (TPSA) is 131 Å². The van der Waals surface area contributed by atoms with Crippen LogP contribution < -0.4 is 20.7 Å². The summed E-state index contributed by atoms with van der Waals surface area (Å²) in [5.41, 5.74) is 6.25. The summed E-state index contributed by atoms with van der Waals surface area (Å²) >= 11 is 0. The van der Waals surface area contributed by atoms with Gasteiger partial charge in [0.25, 0.3) is 0 Å². The zero-order valence-electron chi connectivity index (χ0n) is 21.6. The number of rotatable bonds is 12. The number of unbranched alkanes of at least 4 members (excludes halogenated alkanes) is 1. The Kier molecular flexibility index (Phi) is 10.5. The van der Waals surface area contributed by atoms with Gasteiger partial charge in [0.05, 0.1) is 18.9 Å². The Morgan fingerprint density at radius 2 is 2.00 bits per heavy atom. The number of nitrogens with one attached hydrogen (secondary N) is 1. The predicted octanol–water partition coefficient (Wildman–Crippen LogP) is 2.39. The molecule has 0 aromatic heterocycles. The monoisotopic (exact) mass is 491 g/mol. The minimum absolute atomic E-state index is 0.00624. The molecule has 4 atom stereocenters. The van der Waals surface area contributed by atoms with Gasteiger partial charge in [-0.2, -0.15) is 0 Å². The van der Waals surface area contributed by atoms with Crippen molar-refractivity contribution in [3.63, 3.8) is 0 Å². The van der Waals surface area contributed by atoms with E-state index >= 15 is 0 Å². The maximum atomic E-state index is 13.5. The van der Waals surface area contributed by atoms with Crippen LogP contribution >= 0.6 is 0 Å². The van der Waals surface area contributed by atoms with E-state index in [0.29, 0.717) is 24.4 Å². The molecule has 2 amide bonds. The maximum absolute atomic E-state index is 13.5. The van der Waals surface area contributed by atoms with Gasteiger partial charge in [0.1, 0.15) is 12.4 Å². The molecule has 0 fully saturated rings. The van der Waals surface area contributed by atoms with Gasteiger partial charge >= 0.3 is 5.97 Å². The SMILES string of the molecule is CCCCNC(=O)[C@H](C)C[C@H](O)[C@@H](N)CC(C)(C)CC(=O)N1c2ccccc2OC[C@@H]1C(=O)OC. The van der Waals surface area contributed by atoms with Crippen LogP contribution in [0.2, 0.25) is 0 Å². The van der Waals surface area contributed by atoms with Crippen molar-refractivity contribution in [2.75, 3.05) is 25.2 Å². The quantitative estimate of drug-likeness (QED) is 0.302. The van der Waals surface area contributed by atoms with Crippen molar-refractivity contribution in [1.29, 1.82) is 0 Å². The smallest absolute Gasteiger partial charge is 0.332 e. The lowest BCUT2D eigenvalue weighted by Gasteiger charge is -2.38. The van der Waals surface area contributed by atoms with Gasteiger partial charge in [-0.25, -0.2) is 4.79 Å². The number of anilines is 1. The number of nitrogens with zero attached hydrogens (tertiary/aromatic N) is 1. The number of hydrogen-bond donors (Lipinski definition) is 3. The van der Waals surface area contributed by atoms with Crippen molar-refractivity contribution in [2.45, 2.75) is 78.0 Å². The van der Waals surface area contributed by atoms with Crippen molar-refractivity contribution in [3.05, 3.63) is 24.3 Å². The molecule has 0 bridgehead atoms. The first-order valence-electron chi connectivity index (χ1n) is 12.3. The number of hydrogen-bond acceptors (Lipinski definition) is 7. The molecule has 1 aromatic rings. The average molecular weight is 492 g/mol. The van der Waals surface area contributed by atoms with Crippen LogP contribution in [0.1, 0.15) is 59.8 Å². The molecule has 9 heteroatoms. The molecule has 0 spiro atoms. The first-order valence-corrected chi connectivity index (χ1v) is 12.3. The van der Waals surface area contributed by atoms with Crippen LogP contribution in [-0.2, 0) is 19.1 Å². The minimum atomic E-state index is -0.886.